The van der Waals surface area contributed by atoms with Gasteiger partial charge in [0.1, 0.15) is 11.5 Å². The Bertz CT molecular complexity index is 437. The quantitative estimate of drug-likeness (QED) is 0.674. The molecule has 0 spiro atoms. The minimum atomic E-state index is 0.133. The molecule has 0 aromatic carbocycles. The summed E-state index contributed by atoms with van der Waals surface area (Å²) in [6.07, 6.45) is 5.43. The first-order valence-electron chi connectivity index (χ1n) is 5.96. The van der Waals surface area contributed by atoms with Gasteiger partial charge in [-0.1, -0.05) is 0 Å². The Morgan fingerprint density at radius 1 is 1.44 bits per heavy atom. The summed E-state index contributed by atoms with van der Waals surface area (Å²) in [6.45, 7) is 2.50. The fourth-order valence-electron chi connectivity index (χ4n) is 3.22. The smallest absolute Gasteiger partial charge is 0.177 e. The van der Waals surface area contributed by atoms with E-state index >= 15 is 0 Å². The van der Waals surface area contributed by atoms with E-state index in [1.54, 1.807) is 13.1 Å². The Morgan fingerprint density at radius 2 is 2.19 bits per heavy atom. The molecule has 0 amide bonds. The zero-order valence-corrected chi connectivity index (χ0v) is 9.81. The second kappa shape index (κ2) is 3.42. The molecular formula is C12H17N3O. The maximum absolute atomic E-state index is 11.6. The zero-order valence-electron chi connectivity index (χ0n) is 9.81. The van der Waals surface area contributed by atoms with Crippen LogP contribution in [0, 0.1) is 0 Å². The highest BCUT2D eigenvalue weighted by molar-refractivity contribution is 5.92. The molecule has 2 heterocycles. The van der Waals surface area contributed by atoms with Crippen molar-refractivity contribution >= 4 is 5.78 Å². The number of carbonyl (C=O) groups excluding carboxylic acids is 1. The molecule has 86 valence electrons. The van der Waals surface area contributed by atoms with Gasteiger partial charge in [-0.15, -0.1) is 0 Å². The monoisotopic (exact) mass is 219 g/mol. The second-order valence-corrected chi connectivity index (χ2v) is 4.97. The third-order valence-electron chi connectivity index (χ3n) is 3.97. The standard InChI is InChI=1S/C12H17N3O/c1-8(16)11-6-13-12-7-14(2)9-4-3-5-10(9)15(11)12/h6,9-10H,3-5,7H2,1-2H3. The molecule has 2 atom stereocenters. The summed E-state index contributed by atoms with van der Waals surface area (Å²) in [7, 11) is 2.16. The predicted octanol–water partition coefficient (Wildman–Crippen LogP) is 1.62. The lowest BCUT2D eigenvalue weighted by molar-refractivity contribution is 0.0986. The third kappa shape index (κ3) is 1.26. The minimum Gasteiger partial charge on any atom is -0.320 e. The highest BCUT2D eigenvalue weighted by atomic mass is 16.1. The van der Waals surface area contributed by atoms with Crippen molar-refractivity contribution in [2.24, 2.45) is 0 Å². The number of hydrogen-bond donors (Lipinski definition) is 0. The number of ketones is 1. The van der Waals surface area contributed by atoms with Gasteiger partial charge >= 0.3 is 0 Å². The van der Waals surface area contributed by atoms with Crippen molar-refractivity contribution < 1.29 is 4.79 Å². The first-order valence-corrected chi connectivity index (χ1v) is 5.96. The molecule has 0 N–H and O–H groups in total. The van der Waals surface area contributed by atoms with Crippen LogP contribution >= 0.6 is 0 Å². The largest absolute Gasteiger partial charge is 0.320 e. The van der Waals surface area contributed by atoms with Crippen molar-refractivity contribution in [2.75, 3.05) is 7.05 Å². The fourth-order valence-corrected chi connectivity index (χ4v) is 3.22. The molecule has 1 aromatic heterocycles. The van der Waals surface area contributed by atoms with Crippen molar-refractivity contribution in [3.8, 4) is 0 Å². The summed E-state index contributed by atoms with van der Waals surface area (Å²) < 4.78 is 2.19. The van der Waals surface area contributed by atoms with E-state index in [1.165, 1.54) is 19.3 Å². The number of likely N-dealkylation sites (N-methyl/N-ethyl adjacent to an activating group) is 1. The van der Waals surface area contributed by atoms with Gasteiger partial charge in [-0.25, -0.2) is 4.98 Å². The van der Waals surface area contributed by atoms with Gasteiger partial charge in [0.2, 0.25) is 0 Å². The molecule has 2 aliphatic rings. The van der Waals surface area contributed by atoms with Crippen molar-refractivity contribution in [2.45, 2.75) is 44.8 Å². The lowest BCUT2D eigenvalue weighted by Gasteiger charge is -2.36. The Hall–Kier alpha value is -1.16. The molecule has 16 heavy (non-hydrogen) atoms. The summed E-state index contributed by atoms with van der Waals surface area (Å²) in [6, 6.07) is 1.06. The molecule has 1 saturated carbocycles. The fraction of sp³-hybridized carbons (Fsp3) is 0.667. The van der Waals surface area contributed by atoms with E-state index in [-0.39, 0.29) is 5.78 Å². The van der Waals surface area contributed by atoms with Gasteiger partial charge in [0.05, 0.1) is 18.8 Å². The second-order valence-electron chi connectivity index (χ2n) is 4.97. The number of carbonyl (C=O) groups is 1. The Balaban J connectivity index is 2.10. The lowest BCUT2D eigenvalue weighted by Crippen LogP contribution is -2.42. The normalized spacial score (nSPS) is 28.9. The molecule has 3 rings (SSSR count). The van der Waals surface area contributed by atoms with Crippen molar-refractivity contribution in [3.63, 3.8) is 0 Å². The van der Waals surface area contributed by atoms with Crippen LogP contribution in [0.3, 0.4) is 0 Å². The number of nitrogens with zero attached hydrogens (tertiary/aromatic N) is 3. The Kier molecular flexibility index (Phi) is 2.14. The number of aromatic nitrogens is 2. The summed E-state index contributed by atoms with van der Waals surface area (Å²) in [5, 5.41) is 0. The predicted molar refractivity (Wildman–Crippen MR) is 60.4 cm³/mol. The first kappa shape index (κ1) is 10.0. The van der Waals surface area contributed by atoms with E-state index < -0.39 is 0 Å². The summed E-state index contributed by atoms with van der Waals surface area (Å²) in [5.74, 6) is 1.19. The molecule has 0 saturated heterocycles. The van der Waals surface area contributed by atoms with Crippen molar-refractivity contribution in [3.05, 3.63) is 17.7 Å². The molecule has 4 nitrogen and oxygen atoms in total. The Morgan fingerprint density at radius 3 is 2.94 bits per heavy atom. The topological polar surface area (TPSA) is 38.1 Å². The van der Waals surface area contributed by atoms with E-state index in [9.17, 15) is 4.79 Å². The van der Waals surface area contributed by atoms with Crippen LogP contribution < -0.4 is 0 Å². The van der Waals surface area contributed by atoms with Gasteiger partial charge in [0, 0.05) is 13.0 Å². The van der Waals surface area contributed by atoms with Crippen LogP contribution in [-0.4, -0.2) is 33.3 Å². The van der Waals surface area contributed by atoms with Crippen LogP contribution in [0.4, 0.5) is 0 Å². The van der Waals surface area contributed by atoms with Crippen LogP contribution in [0.15, 0.2) is 6.20 Å². The number of fused-ring (bicyclic) bond motifs is 3. The van der Waals surface area contributed by atoms with Gasteiger partial charge < -0.3 is 4.57 Å². The molecule has 1 aliphatic heterocycles. The minimum absolute atomic E-state index is 0.133. The van der Waals surface area contributed by atoms with E-state index in [2.05, 4.69) is 21.5 Å². The Labute approximate surface area is 95.3 Å². The van der Waals surface area contributed by atoms with Gasteiger partial charge in [-0.05, 0) is 26.3 Å². The maximum Gasteiger partial charge on any atom is 0.177 e. The van der Waals surface area contributed by atoms with E-state index in [0.29, 0.717) is 12.1 Å². The van der Waals surface area contributed by atoms with E-state index in [0.717, 1.165) is 18.1 Å². The van der Waals surface area contributed by atoms with E-state index in [1.807, 2.05) is 0 Å². The number of hydrogen-bond acceptors (Lipinski definition) is 3. The van der Waals surface area contributed by atoms with Gasteiger partial charge in [-0.2, -0.15) is 0 Å². The van der Waals surface area contributed by atoms with Crippen LogP contribution in [0.1, 0.15) is 48.5 Å². The first-order chi connectivity index (χ1) is 7.68. The highest BCUT2D eigenvalue weighted by Gasteiger charge is 2.38. The maximum atomic E-state index is 11.6. The van der Waals surface area contributed by atoms with Crippen molar-refractivity contribution in [1.29, 1.82) is 0 Å². The molecular weight excluding hydrogens is 202 g/mol. The SMILES string of the molecule is CC(=O)c1cnc2n1C1CCCC1N(C)C2. The highest BCUT2D eigenvalue weighted by Crippen LogP contribution is 2.38. The molecule has 2 unspecified atom stereocenters. The average Bonchev–Trinajstić information content (AvgIpc) is 2.80. The summed E-state index contributed by atoms with van der Waals surface area (Å²) in [4.78, 5) is 18.3. The zero-order chi connectivity index (χ0) is 11.3. The number of imidazole rings is 1. The van der Waals surface area contributed by atoms with Crippen LogP contribution in [-0.2, 0) is 6.54 Å². The van der Waals surface area contributed by atoms with Crippen LogP contribution in [0.5, 0.6) is 0 Å². The summed E-state index contributed by atoms with van der Waals surface area (Å²) >= 11 is 0. The number of Topliss-reactive ketones (excluding diaryl/α,β-unsaturated/α-hetero) is 1. The van der Waals surface area contributed by atoms with Gasteiger partial charge in [0.25, 0.3) is 0 Å². The van der Waals surface area contributed by atoms with Gasteiger partial charge in [-0.3, -0.25) is 9.69 Å². The lowest BCUT2D eigenvalue weighted by atomic mass is 10.1. The van der Waals surface area contributed by atoms with Gasteiger partial charge in [0.15, 0.2) is 5.78 Å². The molecule has 4 heteroatoms. The molecule has 0 radical (unpaired) electrons. The van der Waals surface area contributed by atoms with Crippen molar-refractivity contribution in [1.82, 2.24) is 14.5 Å². The van der Waals surface area contributed by atoms with E-state index in [4.69, 9.17) is 0 Å². The van der Waals surface area contributed by atoms with Crippen LogP contribution in [0.2, 0.25) is 0 Å². The summed E-state index contributed by atoms with van der Waals surface area (Å²) in [5.41, 5.74) is 0.792. The molecule has 1 aromatic rings. The number of rotatable bonds is 1. The molecule has 0 bridgehead atoms. The molecule has 1 fully saturated rings. The third-order valence-corrected chi connectivity index (χ3v) is 3.97. The van der Waals surface area contributed by atoms with Crippen LogP contribution in [0.25, 0.3) is 0 Å². The molecule has 1 aliphatic carbocycles. The average molecular weight is 219 g/mol.